The van der Waals surface area contributed by atoms with E-state index >= 15 is 0 Å². The van der Waals surface area contributed by atoms with Crippen LogP contribution in [-0.4, -0.2) is 8.07 Å². The summed E-state index contributed by atoms with van der Waals surface area (Å²) in [6, 6.07) is 4.03. The van der Waals surface area contributed by atoms with Gasteiger partial charge in [0.2, 0.25) is 0 Å². The molecule has 0 nitrogen and oxygen atoms in total. The Labute approximate surface area is 72.2 Å². The molecule has 0 N–H and O–H groups in total. The third-order valence-electron chi connectivity index (χ3n) is 1.71. The predicted octanol–water partition coefficient (Wildman–Crippen LogP) is 2.51. The molecule has 0 aromatic heterocycles. The maximum atomic E-state index is 13.1. The highest BCUT2D eigenvalue weighted by molar-refractivity contribution is 6.88. The second-order valence-electron chi connectivity index (χ2n) is 3.85. The first-order valence-electron chi connectivity index (χ1n) is 3.87. The first-order chi connectivity index (χ1) is 5.43. The van der Waals surface area contributed by atoms with Crippen LogP contribution >= 0.6 is 0 Å². The van der Waals surface area contributed by atoms with Gasteiger partial charge in [-0.15, -0.1) is 0 Å². The van der Waals surface area contributed by atoms with Gasteiger partial charge < -0.3 is 0 Å². The van der Waals surface area contributed by atoms with Crippen molar-refractivity contribution in [3.05, 3.63) is 29.8 Å². The number of benzene rings is 1. The second-order valence-corrected chi connectivity index (χ2v) is 8.85. The van der Waals surface area contributed by atoms with E-state index in [1.165, 1.54) is 18.2 Å². The van der Waals surface area contributed by atoms with Crippen molar-refractivity contribution in [2.75, 3.05) is 0 Å². The van der Waals surface area contributed by atoms with Gasteiger partial charge in [0, 0.05) is 5.19 Å². The van der Waals surface area contributed by atoms with Crippen molar-refractivity contribution < 1.29 is 8.78 Å². The summed E-state index contributed by atoms with van der Waals surface area (Å²) >= 11 is 0. The molecule has 0 amide bonds. The maximum absolute atomic E-state index is 13.1. The SMILES string of the molecule is C[Si](C)(C)c1c(F)cccc1F. The Morgan fingerprint density at radius 3 is 1.67 bits per heavy atom. The molecule has 0 spiro atoms. The van der Waals surface area contributed by atoms with Crippen LogP contribution in [0.1, 0.15) is 0 Å². The summed E-state index contributed by atoms with van der Waals surface area (Å²) in [7, 11) is -1.87. The van der Waals surface area contributed by atoms with Gasteiger partial charge in [-0.3, -0.25) is 0 Å². The van der Waals surface area contributed by atoms with Crippen molar-refractivity contribution >= 4 is 13.3 Å². The first kappa shape index (κ1) is 9.39. The Hall–Kier alpha value is -0.703. The van der Waals surface area contributed by atoms with Crippen molar-refractivity contribution in [3.8, 4) is 0 Å². The average Bonchev–Trinajstić information content (AvgIpc) is 1.82. The third-order valence-corrected chi connectivity index (χ3v) is 3.69. The minimum atomic E-state index is -1.87. The highest BCUT2D eigenvalue weighted by Crippen LogP contribution is 2.08. The Morgan fingerprint density at radius 2 is 1.42 bits per heavy atom. The van der Waals surface area contributed by atoms with Crippen LogP contribution < -0.4 is 5.19 Å². The molecule has 1 aromatic rings. The molecule has 1 rings (SSSR count). The molecule has 0 heterocycles. The zero-order chi connectivity index (χ0) is 9.35. The van der Waals surface area contributed by atoms with Gasteiger partial charge in [-0.1, -0.05) is 25.7 Å². The summed E-state index contributed by atoms with van der Waals surface area (Å²) in [5.41, 5.74) is 0. The Kier molecular flexibility index (Phi) is 2.33. The molecule has 0 saturated heterocycles. The fourth-order valence-corrected chi connectivity index (χ4v) is 2.81. The van der Waals surface area contributed by atoms with E-state index in [0.717, 1.165) is 0 Å². The molecule has 0 saturated carbocycles. The summed E-state index contributed by atoms with van der Waals surface area (Å²) in [6.45, 7) is 5.78. The van der Waals surface area contributed by atoms with Crippen LogP contribution in [0.2, 0.25) is 19.6 Å². The fraction of sp³-hybridized carbons (Fsp3) is 0.333. The van der Waals surface area contributed by atoms with Gasteiger partial charge in [-0.2, -0.15) is 0 Å². The lowest BCUT2D eigenvalue weighted by Crippen LogP contribution is -2.42. The number of hydrogen-bond acceptors (Lipinski definition) is 0. The third kappa shape index (κ3) is 1.72. The van der Waals surface area contributed by atoms with Crippen LogP contribution in [-0.2, 0) is 0 Å². The number of halogens is 2. The molecule has 0 unspecified atom stereocenters. The van der Waals surface area contributed by atoms with Crippen LogP contribution in [0.25, 0.3) is 0 Å². The monoisotopic (exact) mass is 186 g/mol. The summed E-state index contributed by atoms with van der Waals surface area (Å²) in [5.74, 6) is -0.816. The second kappa shape index (κ2) is 2.97. The predicted molar refractivity (Wildman–Crippen MR) is 49.3 cm³/mol. The normalized spacial score (nSPS) is 11.8. The van der Waals surface area contributed by atoms with Crippen LogP contribution in [0, 0.1) is 11.6 Å². The lowest BCUT2D eigenvalue weighted by atomic mass is 10.3. The van der Waals surface area contributed by atoms with E-state index < -0.39 is 19.7 Å². The largest absolute Gasteiger partial charge is 0.207 e. The van der Waals surface area contributed by atoms with Gasteiger partial charge in [-0.25, -0.2) is 8.78 Å². The molecule has 3 heteroatoms. The molecule has 12 heavy (non-hydrogen) atoms. The maximum Gasteiger partial charge on any atom is 0.125 e. The number of rotatable bonds is 1. The van der Waals surface area contributed by atoms with Gasteiger partial charge in [0.15, 0.2) is 0 Å². The van der Waals surface area contributed by atoms with Gasteiger partial charge in [0.25, 0.3) is 0 Å². The Bertz CT molecular complexity index is 269. The zero-order valence-electron chi connectivity index (χ0n) is 7.49. The molecule has 0 radical (unpaired) electrons. The first-order valence-corrected chi connectivity index (χ1v) is 7.37. The summed E-state index contributed by atoms with van der Waals surface area (Å²) in [5, 5.41) is 0.296. The fourth-order valence-electron chi connectivity index (χ4n) is 1.21. The summed E-state index contributed by atoms with van der Waals surface area (Å²) in [4.78, 5) is 0. The average molecular weight is 186 g/mol. The Balaban J connectivity index is 3.31. The molecule has 0 atom stereocenters. The Morgan fingerprint density at radius 1 is 1.00 bits per heavy atom. The van der Waals surface area contributed by atoms with Crippen molar-refractivity contribution in [1.29, 1.82) is 0 Å². The smallest absolute Gasteiger partial charge is 0.125 e. The van der Waals surface area contributed by atoms with Crippen LogP contribution in [0.15, 0.2) is 18.2 Å². The van der Waals surface area contributed by atoms with Crippen molar-refractivity contribution in [2.45, 2.75) is 19.6 Å². The molecular formula is C9H12F2Si. The van der Waals surface area contributed by atoms with E-state index in [1.807, 2.05) is 19.6 Å². The van der Waals surface area contributed by atoms with E-state index in [4.69, 9.17) is 0 Å². The molecular weight excluding hydrogens is 174 g/mol. The van der Waals surface area contributed by atoms with E-state index in [9.17, 15) is 8.78 Å². The van der Waals surface area contributed by atoms with Gasteiger partial charge >= 0.3 is 0 Å². The minimum Gasteiger partial charge on any atom is -0.207 e. The van der Waals surface area contributed by atoms with Gasteiger partial charge in [0.05, 0.1) is 8.07 Å². The van der Waals surface area contributed by atoms with Gasteiger partial charge in [-0.05, 0) is 12.1 Å². The van der Waals surface area contributed by atoms with E-state index in [0.29, 0.717) is 5.19 Å². The lowest BCUT2D eigenvalue weighted by Gasteiger charge is -2.17. The molecule has 1 aromatic carbocycles. The van der Waals surface area contributed by atoms with Crippen molar-refractivity contribution in [2.24, 2.45) is 0 Å². The minimum absolute atomic E-state index is 0.296. The van der Waals surface area contributed by atoms with Crippen LogP contribution in [0.3, 0.4) is 0 Å². The zero-order valence-corrected chi connectivity index (χ0v) is 8.49. The lowest BCUT2D eigenvalue weighted by molar-refractivity contribution is 0.596. The van der Waals surface area contributed by atoms with E-state index in [-0.39, 0.29) is 0 Å². The van der Waals surface area contributed by atoms with Crippen LogP contribution in [0.5, 0.6) is 0 Å². The van der Waals surface area contributed by atoms with Crippen LogP contribution in [0.4, 0.5) is 8.78 Å². The molecule has 0 aliphatic heterocycles. The molecule has 0 aliphatic carbocycles. The van der Waals surface area contributed by atoms with E-state index in [1.54, 1.807) is 0 Å². The van der Waals surface area contributed by atoms with Crippen molar-refractivity contribution in [1.82, 2.24) is 0 Å². The summed E-state index contributed by atoms with van der Waals surface area (Å²) < 4.78 is 26.3. The topological polar surface area (TPSA) is 0 Å². The standard InChI is InChI=1S/C9H12F2Si/c1-12(2,3)9-7(10)5-4-6-8(9)11/h4-6H,1-3H3. The van der Waals surface area contributed by atoms with E-state index in [2.05, 4.69) is 0 Å². The molecule has 0 bridgehead atoms. The highest BCUT2D eigenvalue weighted by Gasteiger charge is 2.24. The molecule has 66 valence electrons. The van der Waals surface area contributed by atoms with Crippen molar-refractivity contribution in [3.63, 3.8) is 0 Å². The molecule has 0 fully saturated rings. The highest BCUT2D eigenvalue weighted by atomic mass is 28.3. The number of hydrogen-bond donors (Lipinski definition) is 0. The summed E-state index contributed by atoms with van der Waals surface area (Å²) in [6.07, 6.45) is 0. The van der Waals surface area contributed by atoms with Gasteiger partial charge in [0.1, 0.15) is 11.6 Å². The molecule has 0 aliphatic rings. The quantitative estimate of drug-likeness (QED) is 0.591.